The summed E-state index contributed by atoms with van der Waals surface area (Å²) in [6.07, 6.45) is 11.3. The van der Waals surface area contributed by atoms with Crippen LogP contribution in [0, 0.1) is 0 Å². The van der Waals surface area contributed by atoms with Crippen molar-refractivity contribution in [3.8, 4) is 0 Å². The van der Waals surface area contributed by atoms with Crippen LogP contribution in [0.15, 0.2) is 60.7 Å². The topological polar surface area (TPSA) is 101 Å². The Labute approximate surface area is 300 Å². The second-order valence-electron chi connectivity index (χ2n) is 11.1. The van der Waals surface area contributed by atoms with Gasteiger partial charge in [-0.05, 0) is 73.9 Å². The zero-order valence-corrected chi connectivity index (χ0v) is 32.6. The molecule has 1 aromatic heterocycles. The van der Waals surface area contributed by atoms with Crippen LogP contribution in [0.4, 0.5) is 4.79 Å². The van der Waals surface area contributed by atoms with E-state index < -0.39 is 12.1 Å². The molecule has 1 fully saturated rings. The molecule has 2 aromatic rings. The van der Waals surface area contributed by atoms with Gasteiger partial charge in [-0.15, -0.1) is 0 Å². The van der Waals surface area contributed by atoms with Crippen molar-refractivity contribution in [2.24, 2.45) is 7.05 Å². The third-order valence-corrected chi connectivity index (χ3v) is 8.08. The third kappa shape index (κ3) is 12.3. The maximum atomic E-state index is 13.3. The van der Waals surface area contributed by atoms with Crippen LogP contribution in [-0.2, 0) is 21.3 Å². The van der Waals surface area contributed by atoms with Gasteiger partial charge in [-0.3, -0.25) is 9.69 Å². The molecule has 4 rings (SSSR count). The Hall–Kier alpha value is -3.60. The van der Waals surface area contributed by atoms with Gasteiger partial charge in [0.15, 0.2) is 0 Å². The van der Waals surface area contributed by atoms with Crippen LogP contribution in [-0.4, -0.2) is 83.9 Å². The summed E-state index contributed by atoms with van der Waals surface area (Å²) in [6, 6.07) is 5.48. The average molecular weight is 701 g/mol. The summed E-state index contributed by atoms with van der Waals surface area (Å²) in [6.45, 7) is 20.0. The Morgan fingerprint density at radius 3 is 2.24 bits per heavy atom. The summed E-state index contributed by atoms with van der Waals surface area (Å²) >= 11 is 6.64. The number of benzene rings is 1. The van der Waals surface area contributed by atoms with E-state index in [1.54, 1.807) is 24.3 Å². The summed E-state index contributed by atoms with van der Waals surface area (Å²) in [5, 5.41) is 6.88. The number of imidazole rings is 1. The van der Waals surface area contributed by atoms with Gasteiger partial charge in [0.2, 0.25) is 5.91 Å². The number of nitrogens with zero attached hydrogens (tertiary/aromatic N) is 4. The van der Waals surface area contributed by atoms with Crippen LogP contribution in [0.3, 0.4) is 0 Å². The number of fused-ring (bicyclic) bond motifs is 1. The van der Waals surface area contributed by atoms with Crippen molar-refractivity contribution in [1.82, 2.24) is 30.0 Å². The first-order valence-corrected chi connectivity index (χ1v) is 18.0. The number of hydrogen-bond acceptors (Lipinski definition) is 7. The number of halogens is 1. The van der Waals surface area contributed by atoms with Gasteiger partial charge in [-0.25, -0.2) is 9.78 Å². The van der Waals surface area contributed by atoms with Gasteiger partial charge >= 0.3 is 6.09 Å². The van der Waals surface area contributed by atoms with E-state index in [1.165, 1.54) is 7.11 Å². The van der Waals surface area contributed by atoms with Gasteiger partial charge in [0.1, 0.15) is 6.10 Å². The molecule has 1 aliphatic heterocycles. The smallest absolute Gasteiger partial charge is 0.410 e. The summed E-state index contributed by atoms with van der Waals surface area (Å²) in [5.74, 6) is -0.232. The van der Waals surface area contributed by atoms with Gasteiger partial charge < -0.3 is 29.6 Å². The molecule has 0 bridgehead atoms. The predicted molar refractivity (Wildman–Crippen MR) is 202 cm³/mol. The minimum Gasteiger partial charge on any atom is -0.447 e. The molecule has 0 spiro atoms. The summed E-state index contributed by atoms with van der Waals surface area (Å²) < 4.78 is 12.7. The van der Waals surface area contributed by atoms with Crippen LogP contribution >= 0.6 is 11.6 Å². The second-order valence-corrected chi connectivity index (χ2v) is 11.6. The Morgan fingerprint density at radius 1 is 1.04 bits per heavy atom. The number of carbonyl (C=O) groups excluding carboxylic acids is 2. The van der Waals surface area contributed by atoms with E-state index in [0.717, 1.165) is 34.4 Å². The minimum absolute atomic E-state index is 0.0132. The number of aromatic nitrogens is 2. The van der Waals surface area contributed by atoms with Gasteiger partial charge in [0.25, 0.3) is 0 Å². The Bertz CT molecular complexity index is 1380. The number of methoxy groups -OCH3 is 1. The molecule has 3 unspecified atom stereocenters. The number of allylic oxidation sites excluding steroid dienone is 3. The molecule has 11 heteroatoms. The Kier molecular flexibility index (Phi) is 20.3. The van der Waals surface area contributed by atoms with E-state index in [1.807, 2.05) is 98.5 Å². The highest BCUT2D eigenvalue weighted by Gasteiger charge is 2.34. The van der Waals surface area contributed by atoms with Gasteiger partial charge in [-0.2, -0.15) is 0 Å². The van der Waals surface area contributed by atoms with E-state index in [9.17, 15) is 9.59 Å². The molecule has 1 aliphatic carbocycles. The number of piperazine rings is 1. The van der Waals surface area contributed by atoms with Crippen molar-refractivity contribution in [3.63, 3.8) is 0 Å². The number of amides is 2. The number of carbonyl (C=O) groups is 2. The monoisotopic (exact) mass is 700 g/mol. The van der Waals surface area contributed by atoms with E-state index >= 15 is 0 Å². The highest BCUT2D eigenvalue weighted by molar-refractivity contribution is 6.30. The van der Waals surface area contributed by atoms with E-state index in [4.69, 9.17) is 21.1 Å². The van der Waals surface area contributed by atoms with Crippen LogP contribution in [0.25, 0.3) is 5.57 Å². The lowest BCUT2D eigenvalue weighted by atomic mass is 9.90. The molecular weight excluding hydrogens is 640 g/mol. The first kappa shape index (κ1) is 43.4. The molecule has 49 heavy (non-hydrogen) atoms. The van der Waals surface area contributed by atoms with Gasteiger partial charge in [-0.1, -0.05) is 71.4 Å². The maximum absolute atomic E-state index is 13.3. The molecule has 2 N–H and O–H groups in total. The van der Waals surface area contributed by atoms with E-state index in [2.05, 4.69) is 38.7 Å². The second kappa shape index (κ2) is 22.9. The van der Waals surface area contributed by atoms with Crippen molar-refractivity contribution in [3.05, 3.63) is 82.6 Å². The van der Waals surface area contributed by atoms with E-state index in [-0.39, 0.29) is 24.1 Å². The predicted octanol–water partition coefficient (Wildman–Crippen LogP) is 7.69. The SMILES string of the molecule is CC.CC.CC.CN/C=C\C=C1\C=C(C(NC(=O)C(C)OC)c2cncn2C)c2cc(Cl)ccc2C(N2CCN(C(=O)OC(C)C)CC2)C1. The van der Waals surface area contributed by atoms with Crippen molar-refractivity contribution in [2.75, 3.05) is 40.3 Å². The maximum Gasteiger partial charge on any atom is 0.410 e. The zero-order valence-electron chi connectivity index (χ0n) is 31.8. The summed E-state index contributed by atoms with van der Waals surface area (Å²) in [5.41, 5.74) is 4.88. The van der Waals surface area contributed by atoms with Crippen LogP contribution in [0.2, 0.25) is 5.02 Å². The average Bonchev–Trinajstić information content (AvgIpc) is 3.48. The lowest BCUT2D eigenvalue weighted by Crippen LogP contribution is -2.50. The van der Waals surface area contributed by atoms with Crippen LogP contribution < -0.4 is 10.6 Å². The Morgan fingerprint density at radius 2 is 1.69 bits per heavy atom. The van der Waals surface area contributed by atoms with Crippen molar-refractivity contribution < 1.29 is 19.1 Å². The lowest BCUT2D eigenvalue weighted by Gasteiger charge is -2.39. The fourth-order valence-corrected chi connectivity index (χ4v) is 5.68. The quantitative estimate of drug-likeness (QED) is 0.277. The van der Waals surface area contributed by atoms with Crippen LogP contribution in [0.1, 0.15) is 97.6 Å². The number of aryl methyl sites for hydroxylation is 1. The van der Waals surface area contributed by atoms with Crippen LogP contribution in [0.5, 0.6) is 0 Å². The summed E-state index contributed by atoms with van der Waals surface area (Å²) in [7, 11) is 5.29. The van der Waals surface area contributed by atoms with Gasteiger partial charge in [0, 0.05) is 58.4 Å². The normalized spacial score (nSPS) is 17.9. The zero-order chi connectivity index (χ0) is 37.1. The largest absolute Gasteiger partial charge is 0.447 e. The fraction of sp³-hybridized carbons (Fsp3) is 0.553. The molecule has 2 amide bonds. The number of ether oxygens (including phenoxy) is 2. The molecule has 0 saturated carbocycles. The first-order chi connectivity index (χ1) is 23.6. The van der Waals surface area contributed by atoms with Crippen molar-refractivity contribution in [2.45, 2.75) is 93.0 Å². The van der Waals surface area contributed by atoms with Crippen molar-refractivity contribution in [1.29, 1.82) is 0 Å². The molecule has 1 saturated heterocycles. The summed E-state index contributed by atoms with van der Waals surface area (Å²) in [4.78, 5) is 34.4. The van der Waals surface area contributed by atoms with Crippen molar-refractivity contribution >= 4 is 29.2 Å². The highest BCUT2D eigenvalue weighted by atomic mass is 35.5. The molecule has 274 valence electrons. The highest BCUT2D eigenvalue weighted by Crippen LogP contribution is 2.43. The molecule has 10 nitrogen and oxygen atoms in total. The number of rotatable bonds is 9. The molecule has 1 aromatic carbocycles. The molecular formula is C38H61ClN6O4. The molecule has 0 radical (unpaired) electrons. The molecule has 2 heterocycles. The standard InChI is InChI=1S/C32H43ClN6O4.3C2H6/c1-21(2)43-32(41)39-14-12-38(13-15-39)28-17-23(8-7-11-34-4)16-27(26-18-24(33)9-10-25(26)28)30(29-19-35-20-37(29)5)36-31(40)22(3)42-6;3*1-2/h7-11,16,18-22,28,30,34H,12-15,17H2,1-6H3,(H,36,40);3*1-2H3/b11-7-,23-8-;;;. The number of nitrogens with one attached hydrogen (secondary N) is 2. The van der Waals surface area contributed by atoms with E-state index in [0.29, 0.717) is 31.2 Å². The fourth-order valence-electron chi connectivity index (χ4n) is 5.50. The number of hydrogen-bond donors (Lipinski definition) is 2. The Balaban J connectivity index is 0.00000189. The minimum atomic E-state index is -0.638. The molecule has 3 atom stereocenters. The molecule has 2 aliphatic rings. The third-order valence-electron chi connectivity index (χ3n) is 7.85. The lowest BCUT2D eigenvalue weighted by molar-refractivity contribution is -0.130. The van der Waals surface area contributed by atoms with Gasteiger partial charge in [0.05, 0.1) is 30.4 Å². The first-order valence-electron chi connectivity index (χ1n) is 17.7.